The summed E-state index contributed by atoms with van der Waals surface area (Å²) < 4.78 is 0. The Hall–Kier alpha value is -2.91. The van der Waals surface area contributed by atoms with Crippen LogP contribution in [0.2, 0.25) is 0 Å². The van der Waals surface area contributed by atoms with Gasteiger partial charge >= 0.3 is 6.09 Å². The molecule has 2 unspecified atom stereocenters. The molecule has 2 heterocycles. The van der Waals surface area contributed by atoms with Gasteiger partial charge < -0.3 is 15.7 Å². The van der Waals surface area contributed by atoms with Gasteiger partial charge in [-0.15, -0.1) is 0 Å². The fourth-order valence-electron chi connectivity index (χ4n) is 3.82. The highest BCUT2D eigenvalue weighted by atomic mass is 16.4. The zero-order valence-corrected chi connectivity index (χ0v) is 16.2. The van der Waals surface area contributed by atoms with Crippen molar-refractivity contribution in [3.8, 4) is 0 Å². The molecule has 3 rings (SSSR count). The van der Waals surface area contributed by atoms with Gasteiger partial charge in [-0.1, -0.05) is 0 Å². The highest BCUT2D eigenvalue weighted by molar-refractivity contribution is 5.91. The third-order valence-corrected chi connectivity index (χ3v) is 5.21. The zero-order chi connectivity index (χ0) is 20.1. The van der Waals surface area contributed by atoms with Gasteiger partial charge in [0.15, 0.2) is 5.82 Å². The van der Waals surface area contributed by atoms with E-state index in [-0.39, 0.29) is 18.4 Å². The summed E-state index contributed by atoms with van der Waals surface area (Å²) in [7, 11) is 1.71. The first-order valence-electron chi connectivity index (χ1n) is 9.59. The van der Waals surface area contributed by atoms with Gasteiger partial charge in [0, 0.05) is 30.8 Å². The topological polar surface area (TPSA) is 138 Å². The predicted molar refractivity (Wildman–Crippen MR) is 102 cm³/mol. The van der Waals surface area contributed by atoms with E-state index in [2.05, 4.69) is 31.0 Å². The van der Waals surface area contributed by atoms with Crippen LogP contribution >= 0.6 is 0 Å². The molecule has 2 amide bonds. The maximum absolute atomic E-state index is 12.1. The summed E-state index contributed by atoms with van der Waals surface area (Å²) in [5.74, 6) is 1.32. The van der Waals surface area contributed by atoms with Crippen LogP contribution in [0, 0.1) is 5.92 Å². The molecule has 0 bridgehead atoms. The summed E-state index contributed by atoms with van der Waals surface area (Å²) in [6.07, 6.45) is 5.85. The lowest BCUT2D eigenvalue weighted by Gasteiger charge is -2.14. The molecular formula is C18H27N7O3. The summed E-state index contributed by atoms with van der Waals surface area (Å²) >= 11 is 0. The van der Waals surface area contributed by atoms with Gasteiger partial charge in [-0.05, 0) is 44.9 Å². The fourth-order valence-corrected chi connectivity index (χ4v) is 3.82. The van der Waals surface area contributed by atoms with E-state index in [0.29, 0.717) is 23.3 Å². The Balaban J connectivity index is 1.45. The number of nitrogens with zero attached hydrogens (tertiary/aromatic N) is 4. The van der Waals surface area contributed by atoms with E-state index >= 15 is 0 Å². The van der Waals surface area contributed by atoms with Crippen molar-refractivity contribution in [3.05, 3.63) is 23.7 Å². The van der Waals surface area contributed by atoms with Crippen LogP contribution in [0.4, 0.5) is 10.6 Å². The number of nitrogens with one attached hydrogen (secondary N) is 3. The number of aryl methyl sites for hydroxylation is 1. The molecule has 1 aliphatic rings. The van der Waals surface area contributed by atoms with Crippen molar-refractivity contribution < 1.29 is 14.7 Å². The molecule has 10 nitrogen and oxygen atoms in total. The van der Waals surface area contributed by atoms with Gasteiger partial charge in [0.05, 0.1) is 18.3 Å². The second-order valence-corrected chi connectivity index (χ2v) is 7.56. The number of rotatable bonds is 8. The van der Waals surface area contributed by atoms with Gasteiger partial charge in [0.1, 0.15) is 0 Å². The second-order valence-electron chi connectivity index (χ2n) is 7.56. The van der Waals surface area contributed by atoms with Crippen LogP contribution in [0.5, 0.6) is 0 Å². The Morgan fingerprint density at radius 3 is 2.96 bits per heavy atom. The van der Waals surface area contributed by atoms with Gasteiger partial charge in [-0.25, -0.2) is 4.79 Å². The number of H-pyrrole nitrogens is 1. The van der Waals surface area contributed by atoms with Crippen LogP contribution in [0.25, 0.3) is 0 Å². The number of anilines is 1. The van der Waals surface area contributed by atoms with E-state index in [1.807, 2.05) is 13.0 Å². The largest absolute Gasteiger partial charge is 0.465 e. The molecule has 1 saturated carbocycles. The lowest BCUT2D eigenvalue weighted by atomic mass is 9.96. The van der Waals surface area contributed by atoms with E-state index in [1.165, 1.54) is 4.80 Å². The molecule has 1 fully saturated rings. The normalized spacial score (nSPS) is 20.1. The number of hydrogen-bond acceptors (Lipinski definition) is 5. The first-order valence-corrected chi connectivity index (χ1v) is 9.59. The summed E-state index contributed by atoms with van der Waals surface area (Å²) in [5, 5.41) is 29.3. The average molecular weight is 389 g/mol. The van der Waals surface area contributed by atoms with Crippen molar-refractivity contribution in [3.63, 3.8) is 0 Å². The molecule has 10 heteroatoms. The third-order valence-electron chi connectivity index (χ3n) is 5.21. The standard InChI is InChI=1S/C18H27N7O3/c1-11(20-18(27)28)3-4-12-5-6-13(7-12)15-9-16(23-22-15)21-17(26)8-14-10-19-25(2)24-14/h9-13,20H,3-8H2,1-2H3,(H,27,28)(H2,21,22,23,26)/t11-,12?,13?/m0/s1. The Morgan fingerprint density at radius 2 is 2.25 bits per heavy atom. The summed E-state index contributed by atoms with van der Waals surface area (Å²) in [5.41, 5.74) is 1.65. The van der Waals surface area contributed by atoms with Gasteiger partial charge in [-0.3, -0.25) is 9.89 Å². The number of aromatic amines is 1. The van der Waals surface area contributed by atoms with Crippen molar-refractivity contribution in [2.24, 2.45) is 13.0 Å². The highest BCUT2D eigenvalue weighted by Crippen LogP contribution is 2.40. The van der Waals surface area contributed by atoms with Gasteiger partial charge in [-0.2, -0.15) is 20.1 Å². The minimum atomic E-state index is -0.969. The number of amides is 2. The monoisotopic (exact) mass is 389 g/mol. The van der Waals surface area contributed by atoms with Crippen LogP contribution < -0.4 is 10.6 Å². The van der Waals surface area contributed by atoms with E-state index in [4.69, 9.17) is 5.11 Å². The maximum Gasteiger partial charge on any atom is 0.404 e. The van der Waals surface area contributed by atoms with Crippen molar-refractivity contribution in [1.82, 2.24) is 30.5 Å². The van der Waals surface area contributed by atoms with Crippen LogP contribution in [0.15, 0.2) is 12.3 Å². The Morgan fingerprint density at radius 1 is 1.43 bits per heavy atom. The van der Waals surface area contributed by atoms with Crippen molar-refractivity contribution in [1.29, 1.82) is 0 Å². The first kappa shape index (κ1) is 19.8. The number of hydrogen-bond donors (Lipinski definition) is 4. The van der Waals surface area contributed by atoms with Crippen LogP contribution in [-0.4, -0.2) is 48.3 Å². The van der Waals surface area contributed by atoms with Crippen molar-refractivity contribution in [2.45, 2.75) is 57.4 Å². The Labute approximate surface area is 163 Å². The number of carboxylic acid groups (broad SMARTS) is 1. The molecule has 0 saturated heterocycles. The zero-order valence-electron chi connectivity index (χ0n) is 16.2. The van der Waals surface area contributed by atoms with Gasteiger partial charge in [0.25, 0.3) is 0 Å². The molecule has 0 aliphatic heterocycles. The molecular weight excluding hydrogens is 362 g/mol. The third kappa shape index (κ3) is 5.54. The average Bonchev–Trinajstić information content (AvgIpc) is 3.33. The predicted octanol–water partition coefficient (Wildman–Crippen LogP) is 2.04. The molecule has 0 spiro atoms. The summed E-state index contributed by atoms with van der Waals surface area (Å²) in [6.45, 7) is 1.89. The van der Waals surface area contributed by atoms with E-state index in [0.717, 1.165) is 37.8 Å². The molecule has 0 aromatic carbocycles. The second kappa shape index (κ2) is 8.85. The molecule has 2 aromatic heterocycles. The first-order chi connectivity index (χ1) is 13.4. The molecule has 0 radical (unpaired) electrons. The van der Waals surface area contributed by atoms with E-state index < -0.39 is 6.09 Å². The van der Waals surface area contributed by atoms with Gasteiger partial charge in [0.2, 0.25) is 5.91 Å². The smallest absolute Gasteiger partial charge is 0.404 e. The lowest BCUT2D eigenvalue weighted by molar-refractivity contribution is -0.115. The molecule has 1 aliphatic carbocycles. The molecule has 152 valence electrons. The Kier molecular flexibility index (Phi) is 6.27. The van der Waals surface area contributed by atoms with Crippen LogP contribution in [0.3, 0.4) is 0 Å². The highest BCUT2D eigenvalue weighted by Gasteiger charge is 2.27. The lowest BCUT2D eigenvalue weighted by Crippen LogP contribution is -2.31. The van der Waals surface area contributed by atoms with E-state index in [1.54, 1.807) is 13.2 Å². The molecule has 28 heavy (non-hydrogen) atoms. The number of carbonyl (C=O) groups excluding carboxylic acids is 1. The maximum atomic E-state index is 12.1. The minimum Gasteiger partial charge on any atom is -0.465 e. The Bertz CT molecular complexity index is 816. The fraction of sp³-hybridized carbons (Fsp3) is 0.611. The van der Waals surface area contributed by atoms with E-state index in [9.17, 15) is 9.59 Å². The quantitative estimate of drug-likeness (QED) is 0.545. The summed E-state index contributed by atoms with van der Waals surface area (Å²) in [6, 6.07) is 1.87. The number of aromatic nitrogens is 5. The van der Waals surface area contributed by atoms with Crippen molar-refractivity contribution in [2.75, 3.05) is 5.32 Å². The van der Waals surface area contributed by atoms with Crippen LogP contribution in [0.1, 0.15) is 56.3 Å². The molecule has 4 N–H and O–H groups in total. The molecule has 3 atom stereocenters. The summed E-state index contributed by atoms with van der Waals surface area (Å²) in [4.78, 5) is 24.2. The minimum absolute atomic E-state index is 0.0279. The number of carbonyl (C=O) groups is 2. The SMILES string of the molecule is C[C@@H](CCC1CCC(c2cc(NC(=O)Cc3cnn(C)n3)n[nH]2)C1)NC(=O)O. The van der Waals surface area contributed by atoms with Crippen LogP contribution in [-0.2, 0) is 18.3 Å². The molecule has 2 aromatic rings. The van der Waals surface area contributed by atoms with Crippen molar-refractivity contribution >= 4 is 17.8 Å².